The van der Waals surface area contributed by atoms with Gasteiger partial charge in [-0.1, -0.05) is 41.9 Å². The van der Waals surface area contributed by atoms with E-state index < -0.39 is 11.8 Å². The predicted molar refractivity (Wildman–Crippen MR) is 153 cm³/mol. The zero-order chi connectivity index (χ0) is 28.9. The number of hydrogen-bond acceptors (Lipinski definition) is 5. The van der Waals surface area contributed by atoms with Crippen molar-refractivity contribution < 1.29 is 23.8 Å². The van der Waals surface area contributed by atoms with Gasteiger partial charge >= 0.3 is 5.97 Å². The van der Waals surface area contributed by atoms with Crippen molar-refractivity contribution in [3.8, 4) is 17.1 Å². The minimum Gasteiger partial charge on any atom is -0.478 e. The Kier molecular flexibility index (Phi) is 8.24. The van der Waals surface area contributed by atoms with Gasteiger partial charge in [0, 0.05) is 42.3 Å². The Labute approximate surface area is 240 Å². The van der Waals surface area contributed by atoms with Crippen LogP contribution in [0.4, 0.5) is 10.1 Å². The van der Waals surface area contributed by atoms with Crippen molar-refractivity contribution in [1.82, 2.24) is 14.5 Å². The Morgan fingerprint density at radius 3 is 2.63 bits per heavy atom. The number of hydrogen-bond donors (Lipinski definition) is 1. The molecule has 0 spiro atoms. The van der Waals surface area contributed by atoms with Crippen molar-refractivity contribution in [2.24, 2.45) is 0 Å². The number of carboxylic acid groups (broad SMARTS) is 1. The molecule has 0 aliphatic heterocycles. The third-order valence-corrected chi connectivity index (χ3v) is 6.91. The highest BCUT2D eigenvalue weighted by Gasteiger charge is 2.16. The summed E-state index contributed by atoms with van der Waals surface area (Å²) in [5, 5.41) is 9.95. The molecule has 206 valence electrons. The number of ether oxygens (including phenoxy) is 2. The minimum atomic E-state index is -1.00. The van der Waals surface area contributed by atoms with E-state index >= 15 is 0 Å². The van der Waals surface area contributed by atoms with E-state index in [1.165, 1.54) is 18.2 Å². The first-order chi connectivity index (χ1) is 19.9. The molecule has 0 saturated heterocycles. The van der Waals surface area contributed by atoms with E-state index in [0.29, 0.717) is 52.8 Å². The molecule has 0 amide bonds. The molecule has 5 rings (SSSR count). The second kappa shape index (κ2) is 12.2. The highest BCUT2D eigenvalue weighted by Crippen LogP contribution is 2.29. The maximum atomic E-state index is 14.2. The summed E-state index contributed by atoms with van der Waals surface area (Å²) in [6.07, 6.45) is 0.425. The van der Waals surface area contributed by atoms with Crippen molar-refractivity contribution in [1.29, 1.82) is 0 Å². The van der Waals surface area contributed by atoms with Gasteiger partial charge in [-0.3, -0.25) is 0 Å². The molecule has 10 heteroatoms. The number of halogens is 2. The molecule has 0 unspecified atom stereocenters. The summed E-state index contributed by atoms with van der Waals surface area (Å²) in [6.45, 7) is 7.91. The van der Waals surface area contributed by atoms with Crippen LogP contribution in [0.1, 0.15) is 27.3 Å². The number of rotatable bonds is 10. The molecule has 41 heavy (non-hydrogen) atoms. The van der Waals surface area contributed by atoms with E-state index in [9.17, 15) is 14.3 Å². The summed E-state index contributed by atoms with van der Waals surface area (Å²) < 4.78 is 27.2. The van der Waals surface area contributed by atoms with Crippen molar-refractivity contribution in [2.75, 3.05) is 13.7 Å². The van der Waals surface area contributed by atoms with Crippen LogP contribution in [0.5, 0.6) is 5.88 Å². The molecule has 3 aromatic carbocycles. The van der Waals surface area contributed by atoms with Gasteiger partial charge in [0.1, 0.15) is 18.2 Å². The van der Waals surface area contributed by atoms with Crippen molar-refractivity contribution in [3.05, 3.63) is 118 Å². The normalized spacial score (nSPS) is 11.0. The van der Waals surface area contributed by atoms with E-state index in [1.807, 2.05) is 28.8 Å². The van der Waals surface area contributed by atoms with Gasteiger partial charge in [0.15, 0.2) is 5.69 Å². The maximum Gasteiger partial charge on any atom is 0.335 e. The lowest BCUT2D eigenvalue weighted by Crippen LogP contribution is -2.09. The van der Waals surface area contributed by atoms with Gasteiger partial charge in [-0.15, -0.1) is 0 Å². The minimum absolute atomic E-state index is 0.0295. The fraction of sp³-hybridized carbons (Fsp3) is 0.161. The lowest BCUT2D eigenvalue weighted by molar-refractivity contribution is 0.0697. The van der Waals surface area contributed by atoms with E-state index in [2.05, 4.69) is 9.83 Å². The zero-order valence-electron chi connectivity index (χ0n) is 22.0. The van der Waals surface area contributed by atoms with Gasteiger partial charge in [-0.25, -0.2) is 24.0 Å². The second-order valence-electron chi connectivity index (χ2n) is 9.20. The molecule has 0 aliphatic carbocycles. The van der Waals surface area contributed by atoms with Crippen LogP contribution in [-0.2, 0) is 24.3 Å². The topological polar surface area (TPSA) is 90.8 Å². The number of aromatic carboxylic acids is 1. The number of imidazole rings is 1. The van der Waals surface area contributed by atoms with Gasteiger partial charge in [-0.05, 0) is 42.0 Å². The number of nitrogens with zero attached hydrogens (tertiary/aromatic N) is 4. The largest absolute Gasteiger partial charge is 0.478 e. The molecule has 0 radical (unpaired) electrons. The van der Waals surface area contributed by atoms with Gasteiger partial charge < -0.3 is 19.1 Å². The third kappa shape index (κ3) is 6.19. The van der Waals surface area contributed by atoms with Crippen LogP contribution in [0.3, 0.4) is 0 Å². The molecule has 5 aromatic rings. The summed E-state index contributed by atoms with van der Waals surface area (Å²) in [6, 6.07) is 20.0. The Morgan fingerprint density at radius 1 is 1.07 bits per heavy atom. The molecule has 0 aliphatic rings. The molecule has 0 saturated carbocycles. The van der Waals surface area contributed by atoms with Gasteiger partial charge in [0.2, 0.25) is 5.88 Å². The first-order valence-electron chi connectivity index (χ1n) is 12.6. The summed E-state index contributed by atoms with van der Waals surface area (Å²) in [5.41, 5.74) is 4.40. The van der Waals surface area contributed by atoms with Crippen molar-refractivity contribution in [2.45, 2.75) is 19.6 Å². The first kappa shape index (κ1) is 27.8. The molecule has 1 N–H and O–H groups in total. The fourth-order valence-corrected chi connectivity index (χ4v) is 4.67. The zero-order valence-corrected chi connectivity index (χ0v) is 22.7. The summed E-state index contributed by atoms with van der Waals surface area (Å²) >= 11 is 6.71. The van der Waals surface area contributed by atoms with E-state index in [-0.39, 0.29) is 17.9 Å². The van der Waals surface area contributed by atoms with Crippen LogP contribution in [0.15, 0.2) is 72.8 Å². The lowest BCUT2D eigenvalue weighted by Gasteiger charge is -2.11. The van der Waals surface area contributed by atoms with Crippen LogP contribution in [0.2, 0.25) is 5.02 Å². The average Bonchev–Trinajstić information content (AvgIpc) is 3.32. The Hall–Kier alpha value is -4.78. The number of carbonyl (C=O) groups is 1. The highest BCUT2D eigenvalue weighted by atomic mass is 35.5. The fourth-order valence-electron chi connectivity index (χ4n) is 4.42. The molecule has 8 nitrogen and oxygen atoms in total. The number of fused-ring (bicyclic) bond motifs is 1. The van der Waals surface area contributed by atoms with E-state index in [4.69, 9.17) is 32.6 Å². The number of pyridine rings is 1. The molecule has 0 fully saturated rings. The van der Waals surface area contributed by atoms with E-state index in [0.717, 1.165) is 17.0 Å². The molecule has 2 aromatic heterocycles. The summed E-state index contributed by atoms with van der Waals surface area (Å²) in [5.74, 6) is -0.449. The SMILES string of the molecule is [C-]#[N+]c1ccc(COc2cccc(-c3ccc(Cc4nc5ccc(C(=O)O)cc5n4CCOC)c(Cl)c3)n2)c(F)c1. The Morgan fingerprint density at radius 2 is 1.90 bits per heavy atom. The van der Waals surface area contributed by atoms with Crippen LogP contribution in [0.25, 0.3) is 27.1 Å². The number of carboxylic acids is 1. The van der Waals surface area contributed by atoms with Crippen LogP contribution < -0.4 is 4.74 Å². The summed E-state index contributed by atoms with van der Waals surface area (Å²) in [7, 11) is 1.61. The van der Waals surface area contributed by atoms with Crippen LogP contribution >= 0.6 is 11.6 Å². The van der Waals surface area contributed by atoms with Gasteiger partial charge in [0.25, 0.3) is 0 Å². The predicted octanol–water partition coefficient (Wildman–Crippen LogP) is 6.96. The number of aromatic nitrogens is 3. The van der Waals surface area contributed by atoms with Gasteiger partial charge in [-0.2, -0.15) is 0 Å². The third-order valence-electron chi connectivity index (χ3n) is 6.56. The smallest absolute Gasteiger partial charge is 0.335 e. The van der Waals surface area contributed by atoms with E-state index in [1.54, 1.807) is 37.4 Å². The van der Waals surface area contributed by atoms with Crippen LogP contribution in [-0.4, -0.2) is 39.3 Å². The molecule has 2 heterocycles. The second-order valence-corrected chi connectivity index (χ2v) is 9.61. The van der Waals surface area contributed by atoms with Crippen molar-refractivity contribution in [3.63, 3.8) is 0 Å². The van der Waals surface area contributed by atoms with Crippen molar-refractivity contribution >= 4 is 34.3 Å². The standard InChI is InChI=1S/C31H24ClFN4O4/c1-34-23-10-8-22(25(33)17-23)18-41-30-5-3-4-26(36-30)20-7-6-19(24(32)14-20)16-29-35-27-11-9-21(31(38)39)15-28(27)37(29)12-13-40-2/h3-11,14-15,17H,12-13,16,18H2,2H3,(H,38,39). The number of methoxy groups -OCH3 is 1. The Balaban J connectivity index is 1.36. The molecular weight excluding hydrogens is 547 g/mol. The number of benzene rings is 3. The first-order valence-corrected chi connectivity index (χ1v) is 13.0. The Bertz CT molecular complexity index is 1800. The maximum absolute atomic E-state index is 14.2. The molecule has 0 bridgehead atoms. The highest BCUT2D eigenvalue weighted by molar-refractivity contribution is 6.31. The quantitative estimate of drug-likeness (QED) is 0.183. The lowest BCUT2D eigenvalue weighted by atomic mass is 10.1. The summed E-state index contributed by atoms with van der Waals surface area (Å²) in [4.78, 5) is 24.0. The molecule has 0 atom stereocenters. The monoisotopic (exact) mass is 570 g/mol. The average molecular weight is 571 g/mol. The van der Waals surface area contributed by atoms with Crippen LogP contribution in [0, 0.1) is 12.4 Å². The molecular formula is C31H24ClFN4O4. The van der Waals surface area contributed by atoms with Gasteiger partial charge in [0.05, 0.1) is 35.5 Å².